The van der Waals surface area contributed by atoms with Crippen LogP contribution in [-0.4, -0.2) is 11.1 Å². The topological polar surface area (TPSA) is 37.3 Å². The van der Waals surface area contributed by atoms with E-state index in [4.69, 9.17) is 5.11 Å². The zero-order valence-corrected chi connectivity index (χ0v) is 14.7. The van der Waals surface area contributed by atoms with Crippen LogP contribution in [-0.2, 0) is 5.41 Å². The number of halogens is 1. The standard InChI is InChI=1S/C18H19IO2/c1-4-18(2,3)14-7-11-16(12-8-14)19-15-9-5-13(6-10-15)17(20)21/h5-12H,4H2,1-3H3/p+1. The Morgan fingerprint density at radius 3 is 1.90 bits per heavy atom. The van der Waals surface area contributed by atoms with Crippen molar-refractivity contribution in [2.45, 2.75) is 32.6 Å². The second-order valence-corrected chi connectivity index (χ2v) is 8.68. The quantitative estimate of drug-likeness (QED) is 0.773. The van der Waals surface area contributed by atoms with E-state index in [9.17, 15) is 4.79 Å². The fourth-order valence-electron chi connectivity index (χ4n) is 1.95. The number of carboxylic acids is 1. The monoisotopic (exact) mass is 395 g/mol. The molecule has 0 spiro atoms. The van der Waals surface area contributed by atoms with Crippen molar-refractivity contribution >= 4 is 5.97 Å². The molecule has 0 heterocycles. The third kappa shape index (κ3) is 4.06. The summed E-state index contributed by atoms with van der Waals surface area (Å²) in [6, 6.07) is 16.1. The Labute approximate surface area is 136 Å². The Hall–Kier alpha value is -1.36. The highest BCUT2D eigenvalue weighted by Crippen LogP contribution is 2.25. The summed E-state index contributed by atoms with van der Waals surface area (Å²) in [5, 5.41) is 8.90. The van der Waals surface area contributed by atoms with E-state index in [0.29, 0.717) is 5.56 Å². The Morgan fingerprint density at radius 2 is 1.48 bits per heavy atom. The highest BCUT2D eigenvalue weighted by Gasteiger charge is 2.20. The van der Waals surface area contributed by atoms with Crippen LogP contribution >= 0.6 is 0 Å². The maximum absolute atomic E-state index is 10.8. The minimum atomic E-state index is -0.870. The van der Waals surface area contributed by atoms with Crippen molar-refractivity contribution in [3.8, 4) is 0 Å². The molecule has 0 saturated carbocycles. The van der Waals surface area contributed by atoms with E-state index in [-0.39, 0.29) is 26.6 Å². The number of hydrogen-bond donors (Lipinski definition) is 1. The van der Waals surface area contributed by atoms with Gasteiger partial charge in [-0.05, 0) is 53.8 Å². The van der Waals surface area contributed by atoms with Gasteiger partial charge in [0.05, 0.1) is 5.56 Å². The highest BCUT2D eigenvalue weighted by molar-refractivity contribution is 5.87. The van der Waals surface area contributed by atoms with Crippen LogP contribution < -0.4 is 21.2 Å². The molecule has 21 heavy (non-hydrogen) atoms. The first kappa shape index (κ1) is 16.0. The lowest BCUT2D eigenvalue weighted by atomic mass is 9.82. The molecule has 0 bridgehead atoms. The molecule has 2 nitrogen and oxygen atoms in total. The summed E-state index contributed by atoms with van der Waals surface area (Å²) in [5.41, 5.74) is 1.95. The van der Waals surface area contributed by atoms with Gasteiger partial charge in [0.25, 0.3) is 0 Å². The molecule has 0 saturated heterocycles. The van der Waals surface area contributed by atoms with Gasteiger partial charge in [0.2, 0.25) is 0 Å². The van der Waals surface area contributed by atoms with Gasteiger partial charge in [-0.3, -0.25) is 0 Å². The minimum Gasteiger partial charge on any atom is -0.478 e. The number of benzene rings is 2. The van der Waals surface area contributed by atoms with Crippen LogP contribution in [0.1, 0.15) is 43.1 Å². The van der Waals surface area contributed by atoms with Gasteiger partial charge in [0, 0.05) is 0 Å². The van der Waals surface area contributed by atoms with Crippen molar-refractivity contribution in [1.82, 2.24) is 0 Å². The molecular weight excluding hydrogens is 375 g/mol. The summed E-state index contributed by atoms with van der Waals surface area (Å²) in [5.74, 6) is -0.870. The van der Waals surface area contributed by atoms with Gasteiger partial charge in [0.15, 0.2) is 7.14 Å². The summed E-state index contributed by atoms with van der Waals surface area (Å²) in [4.78, 5) is 10.8. The minimum absolute atomic E-state index is 0.222. The van der Waals surface area contributed by atoms with Crippen LogP contribution in [0, 0.1) is 7.14 Å². The lowest BCUT2D eigenvalue weighted by Gasteiger charge is -2.22. The van der Waals surface area contributed by atoms with E-state index in [1.54, 1.807) is 12.1 Å². The maximum Gasteiger partial charge on any atom is 0.357 e. The lowest BCUT2D eigenvalue weighted by molar-refractivity contribution is -0.597. The molecule has 0 unspecified atom stereocenters. The summed E-state index contributed by atoms with van der Waals surface area (Å²) in [6.45, 7) is 6.74. The molecule has 0 aromatic heterocycles. The fourth-order valence-corrected chi connectivity index (χ4v) is 4.11. The Kier molecular flexibility index (Phi) is 5.04. The molecule has 2 aromatic rings. The lowest BCUT2D eigenvalue weighted by Crippen LogP contribution is -3.61. The number of aromatic carboxylic acids is 1. The molecule has 0 amide bonds. The summed E-state index contributed by atoms with van der Waals surface area (Å²) >= 11 is -0.251. The number of rotatable bonds is 5. The average molecular weight is 395 g/mol. The van der Waals surface area contributed by atoms with E-state index in [1.165, 1.54) is 12.7 Å². The predicted octanol–water partition coefficient (Wildman–Crippen LogP) is 1.20. The maximum atomic E-state index is 10.8. The smallest absolute Gasteiger partial charge is 0.357 e. The number of carboxylic acid groups (broad SMARTS) is 1. The molecule has 3 heteroatoms. The SMILES string of the molecule is CCC(C)(C)c1ccc([I+]c2ccc(C(=O)O)cc2)cc1. The van der Waals surface area contributed by atoms with Gasteiger partial charge < -0.3 is 5.11 Å². The van der Waals surface area contributed by atoms with E-state index in [0.717, 1.165) is 6.42 Å². The van der Waals surface area contributed by atoms with Crippen molar-refractivity contribution in [2.75, 3.05) is 0 Å². The van der Waals surface area contributed by atoms with Crippen LogP contribution in [0.3, 0.4) is 0 Å². The Balaban J connectivity index is 2.11. The van der Waals surface area contributed by atoms with E-state index < -0.39 is 5.97 Å². The second-order valence-electron chi connectivity index (χ2n) is 5.65. The van der Waals surface area contributed by atoms with Gasteiger partial charge in [-0.1, -0.05) is 32.9 Å². The molecule has 2 rings (SSSR count). The molecule has 110 valence electrons. The zero-order valence-electron chi connectivity index (χ0n) is 12.6. The van der Waals surface area contributed by atoms with Gasteiger partial charge >= 0.3 is 27.2 Å². The second kappa shape index (κ2) is 6.60. The first-order chi connectivity index (χ1) is 9.92. The summed E-state index contributed by atoms with van der Waals surface area (Å²) < 4.78 is 2.59. The third-order valence-corrected chi connectivity index (χ3v) is 6.50. The molecule has 0 aliphatic rings. The molecule has 1 N–H and O–H groups in total. The van der Waals surface area contributed by atoms with Crippen LogP contribution in [0.2, 0.25) is 0 Å². The van der Waals surface area contributed by atoms with E-state index in [1.807, 2.05) is 12.1 Å². The number of hydrogen-bond acceptors (Lipinski definition) is 1. The Morgan fingerprint density at radius 1 is 1.00 bits per heavy atom. The molecule has 0 aliphatic carbocycles. The van der Waals surface area contributed by atoms with Gasteiger partial charge in [0.1, 0.15) is 0 Å². The summed E-state index contributed by atoms with van der Waals surface area (Å²) in [6.07, 6.45) is 1.12. The first-order valence-corrected chi connectivity index (χ1v) is 9.17. The summed E-state index contributed by atoms with van der Waals surface area (Å²) in [7, 11) is 0. The number of carbonyl (C=O) groups is 1. The molecule has 0 fully saturated rings. The van der Waals surface area contributed by atoms with Crippen molar-refractivity contribution in [3.63, 3.8) is 0 Å². The van der Waals surface area contributed by atoms with Crippen molar-refractivity contribution in [2.24, 2.45) is 0 Å². The van der Waals surface area contributed by atoms with Crippen molar-refractivity contribution in [1.29, 1.82) is 0 Å². The average Bonchev–Trinajstić information content (AvgIpc) is 2.48. The van der Waals surface area contributed by atoms with Crippen LogP contribution in [0.5, 0.6) is 0 Å². The van der Waals surface area contributed by atoms with Gasteiger partial charge in [-0.2, -0.15) is 0 Å². The molecular formula is C18H20IO2+. The molecule has 0 radical (unpaired) electrons. The van der Waals surface area contributed by atoms with Crippen LogP contribution in [0.15, 0.2) is 48.5 Å². The van der Waals surface area contributed by atoms with E-state index in [2.05, 4.69) is 45.0 Å². The predicted molar refractivity (Wildman–Crippen MR) is 80.6 cm³/mol. The van der Waals surface area contributed by atoms with Crippen molar-refractivity contribution < 1.29 is 31.1 Å². The first-order valence-electron chi connectivity index (χ1n) is 7.01. The highest BCUT2D eigenvalue weighted by atomic mass is 127. The molecule has 2 aromatic carbocycles. The van der Waals surface area contributed by atoms with Gasteiger partial charge in [-0.15, -0.1) is 0 Å². The van der Waals surface area contributed by atoms with Crippen LogP contribution in [0.25, 0.3) is 0 Å². The zero-order chi connectivity index (χ0) is 15.5. The van der Waals surface area contributed by atoms with Crippen molar-refractivity contribution in [3.05, 3.63) is 66.8 Å². The Bertz CT molecular complexity index is 613. The van der Waals surface area contributed by atoms with E-state index >= 15 is 0 Å². The third-order valence-electron chi connectivity index (χ3n) is 3.82. The normalized spacial score (nSPS) is 11.4. The fraction of sp³-hybridized carbons (Fsp3) is 0.278. The largest absolute Gasteiger partial charge is 0.478 e. The van der Waals surface area contributed by atoms with Crippen LogP contribution in [0.4, 0.5) is 0 Å². The van der Waals surface area contributed by atoms with Gasteiger partial charge in [-0.25, -0.2) is 4.79 Å². The molecule has 0 aliphatic heterocycles. The molecule has 0 atom stereocenters.